The molecule has 2 aliphatic rings. The predicted octanol–water partition coefficient (Wildman–Crippen LogP) is 2.25. The highest BCUT2D eigenvalue weighted by Crippen LogP contribution is 2.30. The van der Waals surface area contributed by atoms with E-state index in [4.69, 9.17) is 5.73 Å². The van der Waals surface area contributed by atoms with Crippen LogP contribution in [0.15, 0.2) is 5.38 Å². The van der Waals surface area contributed by atoms with Gasteiger partial charge in [0.1, 0.15) is 0 Å². The maximum absolute atomic E-state index is 12.6. The third-order valence-electron chi connectivity index (χ3n) is 5.20. The van der Waals surface area contributed by atoms with Gasteiger partial charge in [0.05, 0.1) is 5.92 Å². The summed E-state index contributed by atoms with van der Waals surface area (Å²) in [6.45, 7) is 3.19. The molecule has 3 rings (SSSR count). The first kappa shape index (κ1) is 20.2. The van der Waals surface area contributed by atoms with Gasteiger partial charge in [-0.05, 0) is 55.0 Å². The molecule has 140 valence electrons. The van der Waals surface area contributed by atoms with Crippen molar-refractivity contribution in [3.05, 3.63) is 21.4 Å². The van der Waals surface area contributed by atoms with Gasteiger partial charge in [-0.2, -0.15) is 0 Å². The van der Waals surface area contributed by atoms with Gasteiger partial charge in [-0.15, -0.1) is 23.7 Å². The Kier molecular flexibility index (Phi) is 7.28. The fourth-order valence-electron chi connectivity index (χ4n) is 3.73. The fraction of sp³-hybridized carbons (Fsp3) is 0.667. The van der Waals surface area contributed by atoms with Crippen LogP contribution in [0.5, 0.6) is 0 Å². The van der Waals surface area contributed by atoms with E-state index in [0.717, 1.165) is 19.3 Å². The quantitative estimate of drug-likeness (QED) is 0.837. The molecule has 7 heteroatoms. The largest absolute Gasteiger partial charge is 0.352 e. The lowest BCUT2D eigenvalue weighted by atomic mass is 9.95. The molecule has 5 nitrogen and oxygen atoms in total. The van der Waals surface area contributed by atoms with E-state index in [2.05, 4.69) is 10.7 Å². The maximum atomic E-state index is 12.6. The van der Waals surface area contributed by atoms with Crippen molar-refractivity contribution in [1.29, 1.82) is 0 Å². The molecule has 2 heterocycles. The van der Waals surface area contributed by atoms with E-state index >= 15 is 0 Å². The zero-order valence-electron chi connectivity index (χ0n) is 14.8. The number of hydrogen-bond donors (Lipinski definition) is 2. The number of aryl methyl sites for hydroxylation is 1. The van der Waals surface area contributed by atoms with E-state index in [1.165, 1.54) is 35.3 Å². The summed E-state index contributed by atoms with van der Waals surface area (Å²) in [6.07, 6.45) is 6.39. The molecule has 1 aromatic heterocycles. The van der Waals surface area contributed by atoms with Crippen molar-refractivity contribution in [2.45, 2.75) is 58.0 Å². The van der Waals surface area contributed by atoms with Gasteiger partial charge >= 0.3 is 0 Å². The van der Waals surface area contributed by atoms with Crippen LogP contribution in [0.1, 0.15) is 48.6 Å². The highest BCUT2D eigenvalue weighted by atomic mass is 35.5. The lowest BCUT2D eigenvalue weighted by Gasteiger charge is -2.23. The average molecular weight is 386 g/mol. The Morgan fingerprint density at radius 2 is 2.04 bits per heavy atom. The number of halogens is 1. The number of likely N-dealkylation sites (tertiary alicyclic amines) is 1. The molecule has 1 fully saturated rings. The van der Waals surface area contributed by atoms with Crippen LogP contribution in [-0.4, -0.2) is 35.8 Å². The highest BCUT2D eigenvalue weighted by molar-refractivity contribution is 7.10. The van der Waals surface area contributed by atoms with Crippen LogP contribution in [0.25, 0.3) is 0 Å². The monoisotopic (exact) mass is 385 g/mol. The molecule has 25 heavy (non-hydrogen) atoms. The predicted molar refractivity (Wildman–Crippen MR) is 103 cm³/mol. The molecule has 0 aromatic carbocycles. The summed E-state index contributed by atoms with van der Waals surface area (Å²) in [6, 6.07) is -0.0319. The molecule has 0 spiro atoms. The lowest BCUT2D eigenvalue weighted by molar-refractivity contribution is -0.131. The van der Waals surface area contributed by atoms with E-state index < -0.39 is 0 Å². The molecule has 1 aliphatic heterocycles. The Balaban J connectivity index is 0.00000225. The minimum Gasteiger partial charge on any atom is -0.352 e. The second kappa shape index (κ2) is 9.01. The first-order chi connectivity index (χ1) is 11.5. The van der Waals surface area contributed by atoms with Gasteiger partial charge in [0, 0.05) is 37.5 Å². The van der Waals surface area contributed by atoms with E-state index in [1.54, 1.807) is 11.8 Å². The molecule has 3 N–H and O–H groups in total. The van der Waals surface area contributed by atoms with Crippen LogP contribution in [0, 0.1) is 5.92 Å². The fourth-order valence-corrected chi connectivity index (χ4v) is 4.88. The topological polar surface area (TPSA) is 75.4 Å². The molecular formula is C18H28ClN3O2S. The average Bonchev–Trinajstić information content (AvgIpc) is 2.87. The lowest BCUT2D eigenvalue weighted by Crippen LogP contribution is -2.42. The van der Waals surface area contributed by atoms with Gasteiger partial charge in [0.25, 0.3) is 0 Å². The molecule has 1 aromatic rings. The summed E-state index contributed by atoms with van der Waals surface area (Å²) in [7, 11) is 0. The molecule has 1 saturated heterocycles. The molecule has 1 aliphatic carbocycles. The van der Waals surface area contributed by atoms with Crippen molar-refractivity contribution >= 4 is 35.6 Å². The number of nitrogens with two attached hydrogens (primary N) is 1. The second-order valence-corrected chi connectivity index (χ2v) is 8.01. The van der Waals surface area contributed by atoms with Crippen molar-refractivity contribution in [2.24, 2.45) is 11.7 Å². The van der Waals surface area contributed by atoms with Gasteiger partial charge in [-0.3, -0.25) is 9.59 Å². The number of carbonyl (C=O) groups excluding carboxylic acids is 2. The number of amides is 2. The SMILES string of the molecule is CC(=O)N1C[C@@H](N)CC[C@@H](C(=O)NCc2csc3c2CCCC3)C1.Cl. The first-order valence-corrected chi connectivity index (χ1v) is 9.79. The number of rotatable bonds is 3. The van der Waals surface area contributed by atoms with Gasteiger partial charge < -0.3 is 16.0 Å². The standard InChI is InChI=1S/C18H27N3O2S.ClH/c1-12(22)21-9-13(6-7-15(19)10-21)18(23)20-8-14-11-24-17-5-3-2-4-16(14)17;/h11,13,15H,2-10,19H2,1H3,(H,20,23);1H/t13-,15+;/m1./s1. The molecule has 2 atom stereocenters. The van der Waals surface area contributed by atoms with Gasteiger partial charge in [0.15, 0.2) is 0 Å². The van der Waals surface area contributed by atoms with Crippen molar-refractivity contribution in [3.8, 4) is 0 Å². The van der Waals surface area contributed by atoms with Crippen molar-refractivity contribution in [3.63, 3.8) is 0 Å². The van der Waals surface area contributed by atoms with Crippen LogP contribution in [-0.2, 0) is 29.0 Å². The number of nitrogens with one attached hydrogen (secondary N) is 1. The summed E-state index contributed by atoms with van der Waals surface area (Å²) in [4.78, 5) is 27.5. The van der Waals surface area contributed by atoms with Crippen LogP contribution in [0.3, 0.4) is 0 Å². The molecule has 0 radical (unpaired) electrons. The molecule has 0 saturated carbocycles. The third-order valence-corrected chi connectivity index (χ3v) is 6.34. The van der Waals surface area contributed by atoms with Gasteiger partial charge in [-0.1, -0.05) is 0 Å². The Hall–Kier alpha value is -1.11. The van der Waals surface area contributed by atoms with E-state index in [9.17, 15) is 9.59 Å². The smallest absolute Gasteiger partial charge is 0.225 e. The summed E-state index contributed by atoms with van der Waals surface area (Å²) in [5.41, 5.74) is 8.76. The zero-order chi connectivity index (χ0) is 17.1. The highest BCUT2D eigenvalue weighted by Gasteiger charge is 2.28. The molecule has 2 amide bonds. The van der Waals surface area contributed by atoms with Gasteiger partial charge in [-0.25, -0.2) is 0 Å². The minimum absolute atomic E-state index is 0. The van der Waals surface area contributed by atoms with E-state index in [1.807, 2.05) is 11.3 Å². The number of nitrogens with zero attached hydrogens (tertiary/aromatic N) is 1. The van der Waals surface area contributed by atoms with Crippen LogP contribution in [0.2, 0.25) is 0 Å². The summed E-state index contributed by atoms with van der Waals surface area (Å²) in [5.74, 6) is -0.111. The second-order valence-electron chi connectivity index (χ2n) is 7.05. The van der Waals surface area contributed by atoms with Crippen LogP contribution < -0.4 is 11.1 Å². The molecule has 0 unspecified atom stereocenters. The molecular weight excluding hydrogens is 358 g/mol. The van der Waals surface area contributed by atoms with Crippen molar-refractivity contribution in [2.75, 3.05) is 13.1 Å². The van der Waals surface area contributed by atoms with Crippen LogP contribution in [0.4, 0.5) is 0 Å². The Labute approximate surface area is 159 Å². The summed E-state index contributed by atoms with van der Waals surface area (Å²) < 4.78 is 0. The molecule has 0 bridgehead atoms. The zero-order valence-corrected chi connectivity index (χ0v) is 16.4. The Morgan fingerprint density at radius 1 is 1.28 bits per heavy atom. The number of thiophene rings is 1. The van der Waals surface area contributed by atoms with Crippen LogP contribution >= 0.6 is 23.7 Å². The number of fused-ring (bicyclic) bond motifs is 1. The minimum atomic E-state index is -0.156. The summed E-state index contributed by atoms with van der Waals surface area (Å²) in [5, 5.41) is 5.29. The van der Waals surface area contributed by atoms with Gasteiger partial charge in [0.2, 0.25) is 11.8 Å². The Bertz CT molecular complexity index is 619. The summed E-state index contributed by atoms with van der Waals surface area (Å²) >= 11 is 1.83. The number of carbonyl (C=O) groups is 2. The third kappa shape index (κ3) is 4.96. The van der Waals surface area contributed by atoms with Crippen molar-refractivity contribution < 1.29 is 9.59 Å². The van der Waals surface area contributed by atoms with E-state index in [-0.39, 0.29) is 36.2 Å². The normalized spacial score (nSPS) is 23.2. The first-order valence-electron chi connectivity index (χ1n) is 8.91. The maximum Gasteiger partial charge on any atom is 0.225 e. The number of hydrogen-bond acceptors (Lipinski definition) is 4. The van der Waals surface area contributed by atoms with E-state index in [0.29, 0.717) is 19.6 Å². The Morgan fingerprint density at radius 3 is 2.80 bits per heavy atom. The van der Waals surface area contributed by atoms with Crippen molar-refractivity contribution in [1.82, 2.24) is 10.2 Å².